The summed E-state index contributed by atoms with van der Waals surface area (Å²) in [6, 6.07) is 31.0. The number of halogens is 1. The maximum atomic E-state index is 14.9. The zero-order chi connectivity index (χ0) is 34.4. The maximum Gasteiger partial charge on any atom is 0.244 e. The Balaban J connectivity index is 1.46. The van der Waals surface area contributed by atoms with Gasteiger partial charge in [-0.25, -0.2) is 13.4 Å². The largest absolute Gasteiger partial charge is 0.497 e. The maximum absolute atomic E-state index is 14.9. The number of hydrogen-bond acceptors (Lipinski definition) is 9. The highest BCUT2D eigenvalue weighted by Crippen LogP contribution is 2.37. The standard InChI is InChI=1S/C36H33BrN6O5S/c1-46-29-14-7-25(8-15-29)22-42(23-26-9-16-30(47-2)17-10-26)49(44,45)33-6-4-5-32(28-13-20-34(37)38-21-28)35(33)36-39-41-43(40-36)24-27-11-18-31(48-3)19-12-27/h4-21H,22-24H2,1-3H3. The molecule has 2 aromatic heterocycles. The molecule has 0 radical (unpaired) electrons. The van der Waals surface area contributed by atoms with E-state index in [1.807, 2.05) is 84.9 Å². The second kappa shape index (κ2) is 15.0. The molecule has 6 rings (SSSR count). The molecule has 0 saturated carbocycles. The Morgan fingerprint density at radius 1 is 0.714 bits per heavy atom. The molecule has 6 aromatic rings. The number of aromatic nitrogens is 5. The van der Waals surface area contributed by atoms with Gasteiger partial charge in [0.15, 0.2) is 0 Å². The third kappa shape index (κ3) is 7.80. The molecule has 0 saturated heterocycles. The average molecular weight is 742 g/mol. The molecule has 49 heavy (non-hydrogen) atoms. The lowest BCUT2D eigenvalue weighted by Crippen LogP contribution is -2.31. The fourth-order valence-electron chi connectivity index (χ4n) is 5.29. The number of rotatable bonds is 13. The molecular formula is C36H33BrN6O5S. The van der Waals surface area contributed by atoms with Crippen LogP contribution in [0.15, 0.2) is 119 Å². The molecule has 0 aliphatic heterocycles. The molecule has 0 fully saturated rings. The van der Waals surface area contributed by atoms with Crippen LogP contribution < -0.4 is 14.2 Å². The first kappa shape index (κ1) is 33.8. The van der Waals surface area contributed by atoms with Crippen LogP contribution in [0.5, 0.6) is 17.2 Å². The summed E-state index contributed by atoms with van der Waals surface area (Å²) in [7, 11) is 0.596. The minimum absolute atomic E-state index is 0.0407. The molecule has 0 aliphatic rings. The molecule has 0 amide bonds. The lowest BCUT2D eigenvalue weighted by atomic mass is 10.0. The molecule has 13 heteroatoms. The van der Waals surface area contributed by atoms with Crippen LogP contribution in [0.25, 0.3) is 22.5 Å². The number of methoxy groups -OCH3 is 3. The smallest absolute Gasteiger partial charge is 0.244 e. The van der Waals surface area contributed by atoms with Crippen LogP contribution in [0.2, 0.25) is 0 Å². The summed E-state index contributed by atoms with van der Waals surface area (Å²) in [5.74, 6) is 2.25. The fraction of sp³-hybridized carbons (Fsp3) is 0.167. The van der Waals surface area contributed by atoms with Crippen LogP contribution in [-0.2, 0) is 29.7 Å². The molecule has 0 spiro atoms. The molecule has 250 valence electrons. The monoisotopic (exact) mass is 740 g/mol. The van der Waals surface area contributed by atoms with E-state index in [0.29, 0.717) is 39.3 Å². The normalized spacial score (nSPS) is 11.4. The van der Waals surface area contributed by atoms with Gasteiger partial charge in [0.1, 0.15) is 21.9 Å². The van der Waals surface area contributed by atoms with Crippen LogP contribution >= 0.6 is 15.9 Å². The topological polar surface area (TPSA) is 122 Å². The van der Waals surface area contributed by atoms with Crippen molar-refractivity contribution in [1.29, 1.82) is 0 Å². The first-order valence-electron chi connectivity index (χ1n) is 15.2. The molecule has 0 aliphatic carbocycles. The molecule has 0 bridgehead atoms. The van der Waals surface area contributed by atoms with Crippen molar-refractivity contribution >= 4 is 26.0 Å². The highest BCUT2D eigenvalue weighted by molar-refractivity contribution is 9.10. The van der Waals surface area contributed by atoms with Gasteiger partial charge in [-0.15, -0.1) is 10.2 Å². The van der Waals surface area contributed by atoms with E-state index < -0.39 is 10.0 Å². The van der Waals surface area contributed by atoms with Crippen LogP contribution in [0, 0.1) is 0 Å². The summed E-state index contributed by atoms with van der Waals surface area (Å²) in [6.45, 7) is 0.515. The lowest BCUT2D eigenvalue weighted by Gasteiger charge is -2.24. The van der Waals surface area contributed by atoms with Gasteiger partial charge in [0.25, 0.3) is 0 Å². The average Bonchev–Trinajstić information content (AvgIpc) is 3.60. The fourth-order valence-corrected chi connectivity index (χ4v) is 7.15. The van der Waals surface area contributed by atoms with Gasteiger partial charge in [-0.2, -0.15) is 9.10 Å². The summed E-state index contributed by atoms with van der Waals surface area (Å²) in [5.41, 5.74) is 4.11. The Labute approximate surface area is 293 Å². The van der Waals surface area contributed by atoms with Crippen LogP contribution in [0.3, 0.4) is 0 Å². The molecule has 11 nitrogen and oxygen atoms in total. The van der Waals surface area contributed by atoms with Crippen LogP contribution in [-0.4, -0.2) is 59.2 Å². The second-order valence-electron chi connectivity index (χ2n) is 11.0. The third-order valence-corrected chi connectivity index (χ3v) is 10.2. The molecule has 4 aromatic carbocycles. The van der Waals surface area contributed by atoms with Crippen molar-refractivity contribution in [3.63, 3.8) is 0 Å². The molecule has 2 heterocycles. The minimum atomic E-state index is -4.19. The molecule has 0 atom stereocenters. The third-order valence-electron chi connectivity index (χ3n) is 7.88. The Bertz CT molecular complexity index is 2070. The Morgan fingerprint density at radius 3 is 1.78 bits per heavy atom. The SMILES string of the molecule is COc1ccc(CN(Cc2ccc(OC)cc2)S(=O)(=O)c2cccc(-c3ccc(Br)nc3)c2-c2nnn(Cc3ccc(OC)cc3)n2)cc1. The van der Waals surface area contributed by atoms with Crippen molar-refractivity contribution in [1.82, 2.24) is 29.5 Å². The van der Waals surface area contributed by atoms with Gasteiger partial charge in [0.05, 0.1) is 38.3 Å². The second-order valence-corrected chi connectivity index (χ2v) is 13.7. The number of sulfonamides is 1. The van der Waals surface area contributed by atoms with Gasteiger partial charge in [-0.1, -0.05) is 54.6 Å². The van der Waals surface area contributed by atoms with Crippen LogP contribution in [0.4, 0.5) is 0 Å². The number of ether oxygens (including phenoxy) is 3. The first-order valence-corrected chi connectivity index (χ1v) is 17.4. The number of nitrogens with zero attached hydrogens (tertiary/aromatic N) is 6. The highest BCUT2D eigenvalue weighted by atomic mass is 79.9. The van der Waals surface area contributed by atoms with E-state index in [1.165, 1.54) is 9.10 Å². The highest BCUT2D eigenvalue weighted by Gasteiger charge is 2.31. The van der Waals surface area contributed by atoms with E-state index in [2.05, 4.69) is 36.3 Å². The summed E-state index contributed by atoms with van der Waals surface area (Å²) < 4.78 is 47.9. The van der Waals surface area contributed by atoms with Gasteiger partial charge >= 0.3 is 0 Å². The van der Waals surface area contributed by atoms with E-state index in [9.17, 15) is 8.42 Å². The van der Waals surface area contributed by atoms with Crippen molar-refractivity contribution < 1.29 is 22.6 Å². The number of hydrogen-bond donors (Lipinski definition) is 0. The van der Waals surface area contributed by atoms with Crippen LogP contribution in [0.1, 0.15) is 16.7 Å². The van der Waals surface area contributed by atoms with Gasteiger partial charge in [-0.3, -0.25) is 0 Å². The van der Waals surface area contributed by atoms with Gasteiger partial charge < -0.3 is 14.2 Å². The molecule has 0 N–H and O–H groups in total. The molecular weight excluding hydrogens is 708 g/mol. The summed E-state index contributed by atoms with van der Waals surface area (Å²) in [6.07, 6.45) is 1.67. The first-order chi connectivity index (χ1) is 23.8. The van der Waals surface area contributed by atoms with E-state index in [4.69, 9.17) is 14.2 Å². The summed E-state index contributed by atoms with van der Waals surface area (Å²) >= 11 is 3.40. The number of tetrazole rings is 1. The van der Waals surface area contributed by atoms with Gasteiger partial charge in [0.2, 0.25) is 15.8 Å². The quantitative estimate of drug-likeness (QED) is 0.120. The summed E-state index contributed by atoms with van der Waals surface area (Å²) in [5, 5.41) is 13.4. The van der Waals surface area contributed by atoms with Crippen molar-refractivity contribution in [3.05, 3.63) is 131 Å². The number of benzene rings is 4. The lowest BCUT2D eigenvalue weighted by molar-refractivity contribution is 0.398. The van der Waals surface area contributed by atoms with Crippen molar-refractivity contribution in [3.8, 4) is 39.8 Å². The van der Waals surface area contributed by atoms with Gasteiger partial charge in [0, 0.05) is 24.8 Å². The van der Waals surface area contributed by atoms with E-state index in [0.717, 1.165) is 22.4 Å². The predicted molar refractivity (Wildman–Crippen MR) is 189 cm³/mol. The van der Waals surface area contributed by atoms with Crippen molar-refractivity contribution in [2.75, 3.05) is 21.3 Å². The Morgan fingerprint density at radius 2 is 1.27 bits per heavy atom. The Kier molecular flexibility index (Phi) is 10.3. The van der Waals surface area contributed by atoms with Crippen molar-refractivity contribution in [2.45, 2.75) is 24.5 Å². The summed E-state index contributed by atoms with van der Waals surface area (Å²) in [4.78, 5) is 5.88. The molecule has 0 unspecified atom stereocenters. The van der Waals surface area contributed by atoms with Crippen molar-refractivity contribution in [2.24, 2.45) is 0 Å². The van der Waals surface area contributed by atoms with Gasteiger partial charge in [-0.05, 0) is 91.9 Å². The predicted octanol–water partition coefficient (Wildman–Crippen LogP) is 6.63. The van der Waals surface area contributed by atoms with E-state index in [-0.39, 0.29) is 23.8 Å². The zero-order valence-electron chi connectivity index (χ0n) is 27.0. The number of pyridine rings is 1. The minimum Gasteiger partial charge on any atom is -0.497 e. The Hall–Kier alpha value is -5.11. The zero-order valence-corrected chi connectivity index (χ0v) is 29.4. The van der Waals surface area contributed by atoms with E-state index >= 15 is 0 Å². The van der Waals surface area contributed by atoms with E-state index in [1.54, 1.807) is 45.7 Å².